The minimum Gasteiger partial charge on any atom is -0.320 e. The Morgan fingerprint density at radius 1 is 1.10 bits per heavy atom. The molecule has 3 aromatic rings. The monoisotopic (exact) mass is 269 g/mol. The number of imidazole rings is 1. The average Bonchev–Trinajstić information content (AvgIpc) is 3.04. The number of fused-ring (bicyclic) bond motifs is 1. The molecule has 0 N–H and O–H groups in total. The van der Waals surface area contributed by atoms with Crippen LogP contribution in [-0.4, -0.2) is 24.3 Å². The Hall–Kier alpha value is -2.17. The second kappa shape index (κ2) is 4.44. The van der Waals surface area contributed by atoms with Gasteiger partial charge < -0.3 is 4.57 Å². The van der Waals surface area contributed by atoms with Gasteiger partial charge in [0.15, 0.2) is 0 Å². The Labute approximate surface area is 118 Å². The highest BCUT2D eigenvalue weighted by atomic mass is 15.4. The van der Waals surface area contributed by atoms with Crippen molar-refractivity contribution in [3.63, 3.8) is 0 Å². The zero-order valence-electron chi connectivity index (χ0n) is 12.3. The van der Waals surface area contributed by atoms with Crippen molar-refractivity contribution in [2.24, 2.45) is 0 Å². The Bertz CT molecular complexity index is 732. The maximum Gasteiger partial charge on any atom is 0.150 e. The third-order valence-electron chi connectivity index (χ3n) is 3.48. The van der Waals surface area contributed by atoms with Gasteiger partial charge in [0.25, 0.3) is 0 Å². The number of benzene rings is 1. The minimum atomic E-state index is -0.0868. The molecule has 1 atom stereocenters. The fourth-order valence-electron chi connectivity index (χ4n) is 2.46. The van der Waals surface area contributed by atoms with Gasteiger partial charge in [-0.3, -0.25) is 0 Å². The predicted molar refractivity (Wildman–Crippen MR) is 78.6 cm³/mol. The fraction of sp³-hybridized carbons (Fsp3) is 0.400. The van der Waals surface area contributed by atoms with Crippen LogP contribution in [0.5, 0.6) is 0 Å². The smallest absolute Gasteiger partial charge is 0.150 e. The number of hydrogen-bond donors (Lipinski definition) is 0. The Kier molecular flexibility index (Phi) is 2.85. The first-order valence-corrected chi connectivity index (χ1v) is 6.80. The molecule has 20 heavy (non-hydrogen) atoms. The van der Waals surface area contributed by atoms with Gasteiger partial charge in [-0.15, -0.1) is 0 Å². The van der Waals surface area contributed by atoms with E-state index >= 15 is 0 Å². The van der Waals surface area contributed by atoms with Crippen molar-refractivity contribution in [2.45, 2.75) is 39.3 Å². The standard InChI is InChI=1S/C15H19N5/c1-11(14-16-9-18-20(14)15(2,3)4)19-10-17-12-7-5-6-8-13(12)19/h5-11H,1-4H3/t11-/m1/s1. The molecule has 5 heteroatoms. The van der Waals surface area contributed by atoms with Crippen LogP contribution in [0.15, 0.2) is 36.9 Å². The van der Waals surface area contributed by atoms with Crippen LogP contribution in [-0.2, 0) is 5.54 Å². The first-order valence-electron chi connectivity index (χ1n) is 6.80. The van der Waals surface area contributed by atoms with Crippen LogP contribution >= 0.6 is 0 Å². The second-order valence-corrected chi connectivity index (χ2v) is 6.02. The number of aromatic nitrogens is 5. The van der Waals surface area contributed by atoms with Crippen LogP contribution in [0.4, 0.5) is 0 Å². The van der Waals surface area contributed by atoms with E-state index in [4.69, 9.17) is 0 Å². The molecule has 0 aliphatic rings. The summed E-state index contributed by atoms with van der Waals surface area (Å²) in [6.45, 7) is 8.51. The molecule has 2 heterocycles. The van der Waals surface area contributed by atoms with E-state index in [2.05, 4.69) is 53.4 Å². The lowest BCUT2D eigenvalue weighted by atomic mass is 10.1. The van der Waals surface area contributed by atoms with E-state index in [0.29, 0.717) is 0 Å². The maximum atomic E-state index is 4.45. The summed E-state index contributed by atoms with van der Waals surface area (Å²) in [5.41, 5.74) is 2.03. The molecule has 0 spiro atoms. The number of hydrogen-bond acceptors (Lipinski definition) is 3. The van der Waals surface area contributed by atoms with Gasteiger partial charge in [0.2, 0.25) is 0 Å². The molecule has 1 aromatic carbocycles. The molecular formula is C15H19N5. The van der Waals surface area contributed by atoms with Crippen molar-refractivity contribution < 1.29 is 0 Å². The van der Waals surface area contributed by atoms with Gasteiger partial charge in [0, 0.05) is 0 Å². The Morgan fingerprint density at radius 2 is 1.85 bits per heavy atom. The summed E-state index contributed by atoms with van der Waals surface area (Å²) in [4.78, 5) is 8.90. The summed E-state index contributed by atoms with van der Waals surface area (Å²) < 4.78 is 4.12. The third-order valence-corrected chi connectivity index (χ3v) is 3.48. The molecule has 0 aliphatic heterocycles. The molecule has 3 rings (SSSR count). The van der Waals surface area contributed by atoms with Gasteiger partial charge in [-0.05, 0) is 39.8 Å². The van der Waals surface area contributed by atoms with Crippen molar-refractivity contribution in [3.8, 4) is 0 Å². The predicted octanol–water partition coefficient (Wildman–Crippen LogP) is 2.99. The lowest BCUT2D eigenvalue weighted by Gasteiger charge is -2.24. The van der Waals surface area contributed by atoms with E-state index < -0.39 is 0 Å². The van der Waals surface area contributed by atoms with Gasteiger partial charge in [0.05, 0.1) is 28.9 Å². The Balaban J connectivity index is 2.10. The van der Waals surface area contributed by atoms with Crippen molar-refractivity contribution >= 4 is 11.0 Å². The van der Waals surface area contributed by atoms with Crippen LogP contribution < -0.4 is 0 Å². The van der Waals surface area contributed by atoms with E-state index in [-0.39, 0.29) is 11.6 Å². The zero-order valence-corrected chi connectivity index (χ0v) is 12.3. The van der Waals surface area contributed by atoms with Crippen LogP contribution in [0.1, 0.15) is 39.6 Å². The SMILES string of the molecule is C[C@H](c1ncnn1C(C)(C)C)n1cnc2ccccc21. The summed E-state index contributed by atoms with van der Waals surface area (Å²) in [7, 11) is 0. The molecule has 5 nitrogen and oxygen atoms in total. The third kappa shape index (κ3) is 1.99. The van der Waals surface area contributed by atoms with Crippen molar-refractivity contribution in [3.05, 3.63) is 42.7 Å². The van der Waals surface area contributed by atoms with E-state index in [1.165, 1.54) is 0 Å². The summed E-state index contributed by atoms with van der Waals surface area (Å²) >= 11 is 0. The highest BCUT2D eigenvalue weighted by molar-refractivity contribution is 5.75. The highest BCUT2D eigenvalue weighted by Gasteiger charge is 2.23. The van der Waals surface area contributed by atoms with E-state index in [1.54, 1.807) is 6.33 Å². The molecule has 0 amide bonds. The molecule has 0 saturated heterocycles. The van der Waals surface area contributed by atoms with E-state index in [1.807, 2.05) is 29.2 Å². The largest absolute Gasteiger partial charge is 0.320 e. The van der Waals surface area contributed by atoms with E-state index in [9.17, 15) is 0 Å². The van der Waals surface area contributed by atoms with Crippen LogP contribution in [0, 0.1) is 0 Å². The first kappa shape index (κ1) is 12.8. The van der Waals surface area contributed by atoms with Gasteiger partial charge >= 0.3 is 0 Å². The molecule has 104 valence electrons. The zero-order chi connectivity index (χ0) is 14.3. The molecule has 0 fully saturated rings. The first-order chi connectivity index (χ1) is 9.48. The van der Waals surface area contributed by atoms with Gasteiger partial charge in [-0.2, -0.15) is 5.10 Å². The second-order valence-electron chi connectivity index (χ2n) is 6.02. The molecule has 0 aliphatic carbocycles. The summed E-state index contributed by atoms with van der Waals surface area (Å²) in [5, 5.41) is 4.37. The van der Waals surface area contributed by atoms with Crippen molar-refractivity contribution in [2.75, 3.05) is 0 Å². The van der Waals surface area contributed by atoms with Gasteiger partial charge in [-0.25, -0.2) is 14.6 Å². The number of nitrogens with zero attached hydrogens (tertiary/aromatic N) is 5. The van der Waals surface area contributed by atoms with Crippen LogP contribution in [0.3, 0.4) is 0 Å². The summed E-state index contributed by atoms with van der Waals surface area (Å²) in [6.07, 6.45) is 3.49. The number of para-hydroxylation sites is 2. The Morgan fingerprint density at radius 3 is 2.60 bits per heavy atom. The number of rotatable bonds is 2. The highest BCUT2D eigenvalue weighted by Crippen LogP contribution is 2.24. The molecule has 2 aromatic heterocycles. The normalized spacial score (nSPS) is 13.8. The van der Waals surface area contributed by atoms with Crippen LogP contribution in [0.25, 0.3) is 11.0 Å². The molecule has 0 unspecified atom stereocenters. The lowest BCUT2D eigenvalue weighted by molar-refractivity contribution is 0.330. The van der Waals surface area contributed by atoms with Gasteiger partial charge in [0.1, 0.15) is 12.2 Å². The fourth-order valence-corrected chi connectivity index (χ4v) is 2.46. The molecule has 0 bridgehead atoms. The average molecular weight is 269 g/mol. The molecule has 0 saturated carbocycles. The maximum absolute atomic E-state index is 4.45. The summed E-state index contributed by atoms with van der Waals surface area (Å²) in [6, 6.07) is 8.22. The molecule has 0 radical (unpaired) electrons. The quantitative estimate of drug-likeness (QED) is 0.718. The van der Waals surface area contributed by atoms with Crippen molar-refractivity contribution in [1.82, 2.24) is 24.3 Å². The molecular weight excluding hydrogens is 250 g/mol. The summed E-state index contributed by atoms with van der Waals surface area (Å²) in [5.74, 6) is 0.945. The minimum absolute atomic E-state index is 0.0868. The lowest BCUT2D eigenvalue weighted by Crippen LogP contribution is -2.27. The van der Waals surface area contributed by atoms with E-state index in [0.717, 1.165) is 16.9 Å². The van der Waals surface area contributed by atoms with Gasteiger partial charge in [-0.1, -0.05) is 12.1 Å². The van der Waals surface area contributed by atoms with Crippen molar-refractivity contribution in [1.29, 1.82) is 0 Å². The van der Waals surface area contributed by atoms with Crippen LogP contribution in [0.2, 0.25) is 0 Å². The topological polar surface area (TPSA) is 48.5 Å².